The van der Waals surface area contributed by atoms with E-state index in [4.69, 9.17) is 5.73 Å². The molecule has 2 unspecified atom stereocenters. The maximum Gasteiger partial charge on any atom is 0.224 e. The van der Waals surface area contributed by atoms with E-state index in [2.05, 4.69) is 27.7 Å². The number of carbonyl (C=O) groups excluding carboxylic acids is 1. The van der Waals surface area contributed by atoms with Gasteiger partial charge in [0.25, 0.3) is 0 Å². The molecule has 3 nitrogen and oxygen atoms in total. The SMILES string of the molecule is CCCC1CCCN(C(=O)CC(N)C(C)(C)C)CC1. The normalized spacial score (nSPS) is 23.0. The topological polar surface area (TPSA) is 46.3 Å². The zero-order valence-electron chi connectivity index (χ0n) is 13.2. The molecule has 1 aliphatic heterocycles. The maximum atomic E-state index is 12.3. The molecule has 0 aromatic heterocycles. The molecule has 1 aliphatic rings. The average molecular weight is 268 g/mol. The van der Waals surface area contributed by atoms with E-state index in [9.17, 15) is 4.79 Å². The van der Waals surface area contributed by atoms with Gasteiger partial charge in [-0.05, 0) is 30.6 Å². The number of likely N-dealkylation sites (tertiary alicyclic amines) is 1. The summed E-state index contributed by atoms with van der Waals surface area (Å²) in [5, 5.41) is 0. The van der Waals surface area contributed by atoms with Gasteiger partial charge < -0.3 is 10.6 Å². The quantitative estimate of drug-likeness (QED) is 0.851. The molecule has 1 saturated heterocycles. The number of nitrogens with two attached hydrogens (primary N) is 1. The van der Waals surface area contributed by atoms with Crippen LogP contribution in [0.1, 0.15) is 66.2 Å². The van der Waals surface area contributed by atoms with Crippen LogP contribution in [-0.4, -0.2) is 29.9 Å². The third kappa shape index (κ3) is 5.52. The molecule has 0 bridgehead atoms. The second-order valence-electron chi connectivity index (χ2n) is 7.14. The Morgan fingerprint density at radius 2 is 2.00 bits per heavy atom. The minimum absolute atomic E-state index is 0.00621. The highest BCUT2D eigenvalue weighted by molar-refractivity contribution is 5.76. The molecule has 2 N–H and O–H groups in total. The van der Waals surface area contributed by atoms with Crippen LogP contribution in [0.4, 0.5) is 0 Å². The molecular weight excluding hydrogens is 236 g/mol. The smallest absolute Gasteiger partial charge is 0.224 e. The van der Waals surface area contributed by atoms with Gasteiger partial charge in [-0.3, -0.25) is 4.79 Å². The third-order valence-corrected chi connectivity index (χ3v) is 4.40. The van der Waals surface area contributed by atoms with E-state index in [0.717, 1.165) is 25.4 Å². The molecule has 1 rings (SSSR count). The minimum atomic E-state index is -0.0466. The fourth-order valence-electron chi connectivity index (χ4n) is 2.74. The van der Waals surface area contributed by atoms with Crippen molar-refractivity contribution in [2.75, 3.05) is 13.1 Å². The highest BCUT2D eigenvalue weighted by Crippen LogP contribution is 2.24. The van der Waals surface area contributed by atoms with Crippen LogP contribution in [0.25, 0.3) is 0 Å². The van der Waals surface area contributed by atoms with Crippen LogP contribution in [-0.2, 0) is 4.79 Å². The Hall–Kier alpha value is -0.570. The van der Waals surface area contributed by atoms with E-state index in [1.165, 1.54) is 25.7 Å². The molecule has 1 heterocycles. The molecule has 1 fully saturated rings. The van der Waals surface area contributed by atoms with Crippen molar-refractivity contribution in [2.24, 2.45) is 17.1 Å². The molecule has 1 amide bonds. The molecule has 0 aromatic carbocycles. The van der Waals surface area contributed by atoms with Gasteiger partial charge in [0.2, 0.25) is 5.91 Å². The summed E-state index contributed by atoms with van der Waals surface area (Å²) in [6.45, 7) is 10.4. The van der Waals surface area contributed by atoms with Crippen LogP contribution in [0.3, 0.4) is 0 Å². The van der Waals surface area contributed by atoms with Crippen molar-refractivity contribution >= 4 is 5.91 Å². The Kier molecular flexibility index (Phi) is 6.31. The van der Waals surface area contributed by atoms with Crippen molar-refractivity contribution in [1.82, 2.24) is 4.90 Å². The van der Waals surface area contributed by atoms with Gasteiger partial charge in [-0.25, -0.2) is 0 Å². The Morgan fingerprint density at radius 3 is 2.58 bits per heavy atom. The highest BCUT2D eigenvalue weighted by Gasteiger charge is 2.26. The van der Waals surface area contributed by atoms with E-state index in [1.54, 1.807) is 0 Å². The number of hydrogen-bond acceptors (Lipinski definition) is 2. The predicted molar refractivity (Wildman–Crippen MR) is 80.9 cm³/mol. The first-order valence-electron chi connectivity index (χ1n) is 7.88. The second kappa shape index (κ2) is 7.28. The molecule has 0 aromatic rings. The van der Waals surface area contributed by atoms with E-state index < -0.39 is 0 Å². The molecule has 0 spiro atoms. The largest absolute Gasteiger partial charge is 0.343 e. The summed E-state index contributed by atoms with van der Waals surface area (Å²) in [5.41, 5.74) is 6.13. The first-order valence-corrected chi connectivity index (χ1v) is 7.88. The Morgan fingerprint density at radius 1 is 1.32 bits per heavy atom. The first-order chi connectivity index (χ1) is 8.84. The fourth-order valence-corrected chi connectivity index (χ4v) is 2.74. The van der Waals surface area contributed by atoms with E-state index >= 15 is 0 Å². The van der Waals surface area contributed by atoms with Crippen molar-refractivity contribution in [3.05, 3.63) is 0 Å². The lowest BCUT2D eigenvalue weighted by molar-refractivity contribution is -0.132. The lowest BCUT2D eigenvalue weighted by atomic mass is 9.85. The van der Waals surface area contributed by atoms with Gasteiger partial charge >= 0.3 is 0 Å². The first kappa shape index (κ1) is 16.5. The van der Waals surface area contributed by atoms with Gasteiger partial charge in [-0.1, -0.05) is 40.5 Å². The van der Waals surface area contributed by atoms with Crippen molar-refractivity contribution in [2.45, 2.75) is 72.3 Å². The molecular formula is C16H32N2O. The Balaban J connectivity index is 2.45. The van der Waals surface area contributed by atoms with Crippen molar-refractivity contribution in [3.63, 3.8) is 0 Å². The Bertz CT molecular complexity index is 283. The zero-order valence-corrected chi connectivity index (χ0v) is 13.2. The van der Waals surface area contributed by atoms with Crippen LogP contribution >= 0.6 is 0 Å². The third-order valence-electron chi connectivity index (χ3n) is 4.40. The van der Waals surface area contributed by atoms with Crippen LogP contribution < -0.4 is 5.73 Å². The summed E-state index contributed by atoms with van der Waals surface area (Å²) in [4.78, 5) is 14.4. The minimum Gasteiger partial charge on any atom is -0.343 e. The molecule has 19 heavy (non-hydrogen) atoms. The zero-order chi connectivity index (χ0) is 14.5. The van der Waals surface area contributed by atoms with E-state index in [0.29, 0.717) is 6.42 Å². The fraction of sp³-hybridized carbons (Fsp3) is 0.938. The molecule has 3 heteroatoms. The number of hydrogen-bond donors (Lipinski definition) is 1. The predicted octanol–water partition coefficient (Wildman–Crippen LogP) is 3.18. The molecule has 112 valence electrons. The summed E-state index contributed by atoms with van der Waals surface area (Å²) in [6, 6.07) is -0.0466. The van der Waals surface area contributed by atoms with Crippen LogP contribution in [0.2, 0.25) is 0 Å². The van der Waals surface area contributed by atoms with Crippen molar-refractivity contribution in [3.8, 4) is 0 Å². The van der Waals surface area contributed by atoms with Crippen molar-refractivity contribution < 1.29 is 4.79 Å². The van der Waals surface area contributed by atoms with Gasteiger partial charge in [-0.15, -0.1) is 0 Å². The summed E-state index contributed by atoms with van der Waals surface area (Å²) < 4.78 is 0. The standard InChI is InChI=1S/C16H32N2O/c1-5-7-13-8-6-10-18(11-9-13)15(19)12-14(17)16(2,3)4/h13-14H,5-12,17H2,1-4H3. The van der Waals surface area contributed by atoms with E-state index in [-0.39, 0.29) is 17.4 Å². The summed E-state index contributed by atoms with van der Waals surface area (Å²) >= 11 is 0. The van der Waals surface area contributed by atoms with Crippen LogP contribution in [0.5, 0.6) is 0 Å². The monoisotopic (exact) mass is 268 g/mol. The van der Waals surface area contributed by atoms with Gasteiger partial charge in [0, 0.05) is 25.6 Å². The number of nitrogens with zero attached hydrogens (tertiary/aromatic N) is 1. The number of carbonyl (C=O) groups is 1. The number of rotatable bonds is 4. The molecule has 0 saturated carbocycles. The highest BCUT2D eigenvalue weighted by atomic mass is 16.2. The average Bonchev–Trinajstić information content (AvgIpc) is 2.54. The number of amides is 1. The molecule has 0 radical (unpaired) electrons. The van der Waals surface area contributed by atoms with E-state index in [1.807, 2.05) is 4.90 Å². The van der Waals surface area contributed by atoms with Gasteiger partial charge in [0.15, 0.2) is 0 Å². The lowest BCUT2D eigenvalue weighted by Crippen LogP contribution is -2.42. The second-order valence-corrected chi connectivity index (χ2v) is 7.14. The Labute approximate surface area is 118 Å². The van der Waals surface area contributed by atoms with Gasteiger partial charge in [-0.2, -0.15) is 0 Å². The van der Waals surface area contributed by atoms with Gasteiger partial charge in [0.05, 0.1) is 0 Å². The van der Waals surface area contributed by atoms with Crippen LogP contribution in [0, 0.1) is 11.3 Å². The summed E-state index contributed by atoms with van der Waals surface area (Å²) in [5.74, 6) is 1.07. The maximum absolute atomic E-state index is 12.3. The van der Waals surface area contributed by atoms with Gasteiger partial charge in [0.1, 0.15) is 0 Å². The lowest BCUT2D eigenvalue weighted by Gasteiger charge is -2.29. The van der Waals surface area contributed by atoms with Crippen LogP contribution in [0.15, 0.2) is 0 Å². The van der Waals surface area contributed by atoms with Crippen molar-refractivity contribution in [1.29, 1.82) is 0 Å². The molecule has 2 atom stereocenters. The molecule has 0 aliphatic carbocycles. The summed E-state index contributed by atoms with van der Waals surface area (Å²) in [6.07, 6.45) is 6.66. The summed E-state index contributed by atoms with van der Waals surface area (Å²) in [7, 11) is 0.